The first-order valence-electron chi connectivity index (χ1n) is 30.7. The molecule has 0 aliphatic carbocycles. The highest BCUT2D eigenvalue weighted by Gasteiger charge is 2.56. The van der Waals surface area contributed by atoms with Crippen LogP contribution < -0.4 is 23.7 Å². The number of hydrogen-bond donors (Lipinski definition) is 2. The number of amides is 1. The van der Waals surface area contributed by atoms with Crippen molar-refractivity contribution in [2.45, 2.75) is 33.2 Å². The van der Waals surface area contributed by atoms with E-state index in [1.54, 1.807) is 0 Å². The Bertz CT molecular complexity index is 4430. The van der Waals surface area contributed by atoms with Crippen LogP contribution in [0.2, 0.25) is 0 Å². The van der Waals surface area contributed by atoms with Gasteiger partial charge in [-0.15, -0.1) is 0 Å². The fourth-order valence-electron chi connectivity index (χ4n) is 13.4. The number of aromatic nitrogens is 3. The van der Waals surface area contributed by atoms with E-state index in [4.69, 9.17) is 24.7 Å². The normalized spacial score (nSPS) is 16.8. The topological polar surface area (TPSA) is 132 Å². The first-order valence-corrected chi connectivity index (χ1v) is 30.7. The molecule has 14 rings (SSSR count). The number of aliphatic hydroxyl groups is 1. The van der Waals surface area contributed by atoms with Crippen molar-refractivity contribution in [3.8, 4) is 11.5 Å². The molecule has 1 spiro atoms. The molecular formula is C75H69N11O3+2. The second-order valence-electron chi connectivity index (χ2n) is 23.0. The van der Waals surface area contributed by atoms with Gasteiger partial charge in [-0.2, -0.15) is 0 Å². The summed E-state index contributed by atoms with van der Waals surface area (Å²) in [6, 6.07) is 41.2. The third kappa shape index (κ3) is 9.72. The zero-order valence-corrected chi connectivity index (χ0v) is 51.1. The molecule has 440 valence electrons. The molecule has 14 nitrogen and oxygen atoms in total. The minimum atomic E-state index is -1.04. The van der Waals surface area contributed by atoms with Crippen LogP contribution in [0.4, 0.5) is 11.4 Å². The summed E-state index contributed by atoms with van der Waals surface area (Å²) in [6.45, 7) is 12.3. The van der Waals surface area contributed by atoms with Crippen molar-refractivity contribution in [3.05, 3.63) is 291 Å². The van der Waals surface area contributed by atoms with Crippen molar-refractivity contribution < 1.29 is 23.8 Å². The molecule has 7 aliphatic rings. The smallest absolute Gasteiger partial charge is 0.255 e. The van der Waals surface area contributed by atoms with E-state index in [0.717, 1.165) is 144 Å². The standard InChI is InChI=1S/C75H68N11O3/c1-8-84(9-2)53-20-22-57-67(46-53)89-68-47-54(85(10-3)11-4)21-23-58(68)75(57)56-15-13-12-14-55(56)74(88)86(75)45-38-76-73(87)52-18-16-48(17-19-52)69-59-24-26-61(77-59)70(49-32-39-81(5)40-33-49)63-28-30-65(79-63)72(51-36-43-83(7)44-37-51)66-31-29-64(80-66)71(62-27-25-60(69)78-62)50-34-41-82(6)42-35-50/h12-37,39-44,46-47H,8-11,38,45H2,1-7H3,(H-,76,77,78,79,80,87)/q+1/p+1. The molecule has 2 N–H and O–H groups in total. The molecule has 0 radical (unpaired) electrons. The van der Waals surface area contributed by atoms with Crippen LogP contribution in [0.15, 0.2) is 255 Å². The third-order valence-corrected chi connectivity index (χ3v) is 17.9. The van der Waals surface area contributed by atoms with Crippen LogP contribution in [0, 0.1) is 0 Å². The van der Waals surface area contributed by atoms with Gasteiger partial charge < -0.3 is 34.4 Å². The Morgan fingerprint density at radius 1 is 0.573 bits per heavy atom. The summed E-state index contributed by atoms with van der Waals surface area (Å²) >= 11 is 0. The lowest BCUT2D eigenvalue weighted by molar-refractivity contribution is -0.671. The molecule has 89 heavy (non-hydrogen) atoms. The number of nitrogens with zero attached hydrogens (tertiary/aromatic N) is 10. The van der Waals surface area contributed by atoms with Crippen molar-refractivity contribution in [1.29, 1.82) is 0 Å². The van der Waals surface area contributed by atoms with Gasteiger partial charge in [-0.3, -0.25) is 4.79 Å². The number of carbonyl (C=O) groups is 1. The molecule has 0 atom stereocenters. The lowest BCUT2D eigenvalue weighted by Gasteiger charge is -2.44. The van der Waals surface area contributed by atoms with Gasteiger partial charge >= 0.3 is 0 Å². The van der Waals surface area contributed by atoms with Gasteiger partial charge in [-0.1, -0.05) is 42.5 Å². The molecular weight excluding hydrogens is 1100 g/mol. The van der Waals surface area contributed by atoms with Crippen LogP contribution in [0.3, 0.4) is 0 Å². The number of benzene rings is 4. The first kappa shape index (κ1) is 56.1. The Kier molecular flexibility index (Phi) is 14.4. The number of aromatic amines is 1. The van der Waals surface area contributed by atoms with Crippen molar-refractivity contribution in [1.82, 2.24) is 14.8 Å². The van der Waals surface area contributed by atoms with Gasteiger partial charge in [0.25, 0.3) is 5.91 Å². The number of aliphatic imine (C=N–C) groups is 4. The molecule has 4 aromatic carbocycles. The molecule has 7 aliphatic heterocycles. The number of hydrogen-bond acceptors (Lipinski definition) is 9. The average Bonchev–Trinajstić information content (AvgIpc) is 1.61. The summed E-state index contributed by atoms with van der Waals surface area (Å²) in [5, 5.41) is 12.0. The largest absolute Gasteiger partial charge is 0.493 e. The van der Waals surface area contributed by atoms with Crippen LogP contribution in [0.5, 0.6) is 11.5 Å². The zero-order chi connectivity index (χ0) is 61.1. The van der Waals surface area contributed by atoms with Gasteiger partial charge in [0.15, 0.2) is 24.8 Å². The maximum atomic E-state index is 15.1. The zero-order valence-electron chi connectivity index (χ0n) is 51.1. The van der Waals surface area contributed by atoms with E-state index in [-0.39, 0.29) is 24.9 Å². The summed E-state index contributed by atoms with van der Waals surface area (Å²) in [7, 11) is 6.05. The minimum Gasteiger partial charge on any atom is -0.493 e. The minimum absolute atomic E-state index is 0.109. The van der Waals surface area contributed by atoms with Gasteiger partial charge in [0.05, 0.1) is 40.8 Å². The highest BCUT2D eigenvalue weighted by molar-refractivity contribution is 6.36. The summed E-state index contributed by atoms with van der Waals surface area (Å²) in [5.41, 5.74) is 18.8. The number of carbonyl (C=O) groups excluding carboxylic acids is 1. The predicted molar refractivity (Wildman–Crippen MR) is 356 cm³/mol. The molecule has 0 saturated carbocycles. The molecule has 8 bridgehead atoms. The van der Waals surface area contributed by atoms with Gasteiger partial charge in [-0.05, 0) is 147 Å². The number of anilines is 2. The first-order chi connectivity index (χ1) is 43.4. The van der Waals surface area contributed by atoms with E-state index in [0.29, 0.717) is 22.6 Å². The van der Waals surface area contributed by atoms with E-state index in [1.165, 1.54) is 0 Å². The molecule has 7 aromatic rings. The Hall–Kier alpha value is -10.7. The second-order valence-corrected chi connectivity index (χ2v) is 23.0. The molecule has 1 amide bonds. The summed E-state index contributed by atoms with van der Waals surface area (Å²) < 4.78 is 11.0. The van der Waals surface area contributed by atoms with Gasteiger partial charge in [0.1, 0.15) is 31.1 Å². The van der Waals surface area contributed by atoms with Crippen molar-refractivity contribution >= 4 is 57.0 Å². The predicted octanol–water partition coefficient (Wildman–Crippen LogP) is 12.5. The fraction of sp³-hybridized carbons (Fsp3) is 0.187. The second kappa shape index (κ2) is 22.8. The molecule has 10 heterocycles. The maximum absolute atomic E-state index is 15.1. The lowest BCUT2D eigenvalue weighted by atomic mass is 9.74. The number of pyridine rings is 2. The number of rotatable bonds is 13. The number of aliphatic hydroxyl groups excluding tert-OH is 1. The van der Waals surface area contributed by atoms with Gasteiger partial charge in [-0.25, -0.2) is 29.1 Å². The number of ether oxygens (including phenoxy) is 1. The van der Waals surface area contributed by atoms with Crippen LogP contribution in [-0.4, -0.2) is 95.1 Å². The van der Waals surface area contributed by atoms with E-state index in [9.17, 15) is 5.11 Å². The summed E-state index contributed by atoms with van der Waals surface area (Å²) in [4.78, 5) is 48.8. The van der Waals surface area contributed by atoms with Crippen molar-refractivity contribution in [2.75, 3.05) is 56.1 Å². The number of nitrogens with one attached hydrogen (secondary N) is 1. The van der Waals surface area contributed by atoms with Crippen LogP contribution in [0.1, 0.15) is 88.4 Å². The molecule has 0 saturated heterocycles. The van der Waals surface area contributed by atoms with Gasteiger partial charge in [0, 0.05) is 156 Å². The number of fused-ring (bicyclic) bond motifs is 11. The summed E-state index contributed by atoms with van der Waals surface area (Å²) in [5.74, 6) is 1.16. The highest BCUT2D eigenvalue weighted by atomic mass is 16.5. The van der Waals surface area contributed by atoms with Crippen LogP contribution >= 0.6 is 0 Å². The van der Waals surface area contributed by atoms with Crippen molar-refractivity contribution in [2.24, 2.45) is 34.1 Å². The molecule has 0 fully saturated rings. The SMILES string of the molecule is CCN(CC)c1ccc2c(c1)Oc1cc(N(CC)CC)ccc1C21c2ccccc2C(=O)N1CCN=C(O)c1ccc(C2=C3C=CC(=N3)C(=C3C=CN(C)C=C3)C3=NC(=C(c4cc[n+](C)cc4)c4ccc([nH]4)C(c4cc[n+](C)cc4)=C4C=CC2=N4)C=C3)cc1. The molecule has 3 aromatic heterocycles. The molecule has 0 unspecified atom stereocenters. The number of aryl methyl sites for hydroxylation is 2. The van der Waals surface area contributed by atoms with Crippen molar-refractivity contribution in [3.63, 3.8) is 0 Å². The third-order valence-electron chi connectivity index (χ3n) is 17.9. The van der Waals surface area contributed by atoms with Crippen LogP contribution in [-0.2, 0) is 19.6 Å². The average molecular weight is 1170 g/mol. The van der Waals surface area contributed by atoms with E-state index < -0.39 is 5.54 Å². The van der Waals surface area contributed by atoms with E-state index in [1.807, 2.05) is 94.9 Å². The Labute approximate surface area is 519 Å². The van der Waals surface area contributed by atoms with E-state index >= 15 is 4.79 Å². The van der Waals surface area contributed by atoms with Gasteiger partial charge in [0.2, 0.25) is 5.90 Å². The Balaban J connectivity index is 0.856. The monoisotopic (exact) mass is 1170 g/mol. The summed E-state index contributed by atoms with van der Waals surface area (Å²) in [6.07, 6.45) is 29.0. The van der Waals surface area contributed by atoms with E-state index in [2.05, 4.69) is 195 Å². The fourth-order valence-corrected chi connectivity index (χ4v) is 13.4. The maximum Gasteiger partial charge on any atom is 0.255 e. The highest BCUT2D eigenvalue weighted by Crippen LogP contribution is 2.58. The Morgan fingerprint density at radius 3 is 1.57 bits per heavy atom. The molecule has 14 heteroatoms. The number of H-pyrrole nitrogens is 1. The van der Waals surface area contributed by atoms with Crippen LogP contribution in [0.25, 0.3) is 16.7 Å². The number of allylic oxidation sites excluding steroid dienone is 11. The quantitative estimate of drug-likeness (QED) is 0.0671. The lowest BCUT2D eigenvalue weighted by Crippen LogP contribution is -2.48. The Morgan fingerprint density at radius 2 is 1.06 bits per heavy atom.